The molecule has 94 heavy (non-hydrogen) atoms. The highest BCUT2D eigenvalue weighted by Crippen LogP contribution is 2.57. The summed E-state index contributed by atoms with van der Waals surface area (Å²) >= 11 is 0. The smallest absolute Gasteiger partial charge is 0.115 e. The molecule has 1 aliphatic heterocycles. The summed E-state index contributed by atoms with van der Waals surface area (Å²) in [7, 11) is 0. The van der Waals surface area contributed by atoms with E-state index in [4.69, 9.17) is 4.74 Å². The lowest BCUT2D eigenvalue weighted by Crippen LogP contribution is -2.39. The van der Waals surface area contributed by atoms with Gasteiger partial charge in [-0.15, -0.1) is 6.58 Å². The molecule has 0 aromatic heterocycles. The van der Waals surface area contributed by atoms with Gasteiger partial charge in [-0.2, -0.15) is 0 Å². The summed E-state index contributed by atoms with van der Waals surface area (Å²) in [5.41, 5.74) is 24.8. The van der Waals surface area contributed by atoms with Crippen molar-refractivity contribution in [1.29, 1.82) is 0 Å². The Labute approximate surface area is 561 Å². The third kappa shape index (κ3) is 12.4. The van der Waals surface area contributed by atoms with Crippen molar-refractivity contribution in [3.63, 3.8) is 0 Å². The van der Waals surface area contributed by atoms with Crippen molar-refractivity contribution in [2.75, 3.05) is 11.5 Å². The minimum absolute atomic E-state index is 0.0890. The van der Waals surface area contributed by atoms with Gasteiger partial charge in [-0.05, 0) is 189 Å². The first-order valence-electron chi connectivity index (χ1n) is 35.1. The van der Waals surface area contributed by atoms with Crippen LogP contribution in [0.25, 0.3) is 33.9 Å². The molecule has 6 aromatic rings. The molecule has 8 aliphatic rings. The zero-order valence-electron chi connectivity index (χ0n) is 55.8. The molecule has 0 spiro atoms. The van der Waals surface area contributed by atoms with E-state index in [9.17, 15) is 0 Å². The number of allylic oxidation sites excluding steroid dienone is 19. The number of benzene rings is 6. The largest absolute Gasteiger partial charge is 0.494 e. The Bertz CT molecular complexity index is 4250. The maximum absolute atomic E-state index is 6.45. The summed E-state index contributed by atoms with van der Waals surface area (Å²) in [5, 5.41) is 0. The highest BCUT2D eigenvalue weighted by Gasteiger charge is 2.46. The van der Waals surface area contributed by atoms with Crippen LogP contribution in [0.5, 0.6) is 0 Å². The number of likely N-dealkylation sites (tertiary alicyclic amines) is 1. The van der Waals surface area contributed by atoms with E-state index in [-0.39, 0.29) is 34.7 Å². The maximum Gasteiger partial charge on any atom is 0.115 e. The van der Waals surface area contributed by atoms with Crippen LogP contribution >= 0.6 is 0 Å². The fourth-order valence-electron chi connectivity index (χ4n) is 16.3. The van der Waals surface area contributed by atoms with Crippen LogP contribution < -0.4 is 4.90 Å². The van der Waals surface area contributed by atoms with E-state index >= 15 is 0 Å². The zero-order valence-corrected chi connectivity index (χ0v) is 55.8. The second kappa shape index (κ2) is 27.0. The van der Waals surface area contributed by atoms with E-state index in [0.717, 1.165) is 94.2 Å². The predicted molar refractivity (Wildman–Crippen MR) is 398 cm³/mol. The molecule has 6 aromatic carbocycles. The fourth-order valence-corrected chi connectivity index (χ4v) is 16.3. The number of nitrogens with zero attached hydrogens (tertiary/aromatic N) is 2. The van der Waals surface area contributed by atoms with Crippen LogP contribution in [0.4, 0.5) is 11.4 Å². The summed E-state index contributed by atoms with van der Waals surface area (Å²) in [6.07, 6.45) is 56.4. The molecule has 8 atom stereocenters. The molecule has 14 rings (SSSR count). The molecule has 0 N–H and O–H groups in total. The van der Waals surface area contributed by atoms with E-state index in [1.165, 1.54) is 89.4 Å². The van der Waals surface area contributed by atoms with Gasteiger partial charge in [0.15, 0.2) is 0 Å². The average Bonchev–Trinajstić information content (AvgIpc) is 1.55. The topological polar surface area (TPSA) is 15.7 Å². The summed E-state index contributed by atoms with van der Waals surface area (Å²) < 4.78 is 6.45. The lowest BCUT2D eigenvalue weighted by atomic mass is 9.69. The first-order chi connectivity index (χ1) is 46.0. The number of ether oxygens (including phenoxy) is 1. The predicted octanol–water partition coefficient (Wildman–Crippen LogP) is 23.3. The van der Waals surface area contributed by atoms with Gasteiger partial charge in [-0.3, -0.25) is 0 Å². The monoisotopic (exact) mass is 1230 g/mol. The molecule has 0 radical (unpaired) electrons. The second-order valence-corrected chi connectivity index (χ2v) is 28.4. The highest BCUT2D eigenvalue weighted by molar-refractivity contribution is 5.87. The number of hydrogen-bond acceptors (Lipinski definition) is 3. The number of unbranched alkanes of at least 4 members (excludes halogenated alkanes) is 1. The second-order valence-electron chi connectivity index (χ2n) is 28.4. The van der Waals surface area contributed by atoms with Crippen molar-refractivity contribution in [2.24, 2.45) is 29.6 Å². The number of anilines is 2. The molecular weight excluding hydrogens is 1140 g/mol. The van der Waals surface area contributed by atoms with Crippen LogP contribution in [0.15, 0.2) is 314 Å². The zero-order chi connectivity index (χ0) is 64.3. The molecule has 1 heterocycles. The van der Waals surface area contributed by atoms with E-state index in [1.54, 1.807) is 5.57 Å². The van der Waals surface area contributed by atoms with Crippen molar-refractivity contribution in [3.8, 4) is 22.3 Å². The first-order valence-corrected chi connectivity index (χ1v) is 35.1. The van der Waals surface area contributed by atoms with Crippen molar-refractivity contribution in [2.45, 2.75) is 121 Å². The van der Waals surface area contributed by atoms with E-state index in [2.05, 4.69) is 300 Å². The van der Waals surface area contributed by atoms with Crippen LogP contribution in [0.2, 0.25) is 0 Å². The standard InChI is InChI=1S/C91H92N2O/c1-8-63-24-30-67(31-25-63)69-38-50-79(51-39-69)93-88-56-42-73(71-32-26-64(9-2)27-33-71)59-84(88)85-60-74(43-57-89(85)93)72-40-48-78(49-41-72)92(77-46-36-70(37-47-77)68-34-44-75(45-35-68)90(5,6)7)80-52-55-83-82-22-15-16-23-86(82)91(87(83)61-80,76-20-13-12-14-21-76)58-18-17-19-66(11-4)62-94-81-53-28-65(10-3)29-54-81/h8-10,12-16,20-26,28,30-32,34-40,43-50,52-57,59-61,65-66,72-73,79,85,89H,1-3,11,17-19,27,29,33,41-42,51,58,62H2,4-7H3. The van der Waals surface area contributed by atoms with Gasteiger partial charge in [0.1, 0.15) is 5.76 Å². The molecule has 0 saturated carbocycles. The summed E-state index contributed by atoms with van der Waals surface area (Å²) in [6, 6.07) is 55.9. The minimum Gasteiger partial charge on any atom is -0.494 e. The molecule has 1 saturated heterocycles. The Balaban J connectivity index is 0.782. The Morgan fingerprint density at radius 3 is 2.09 bits per heavy atom. The Morgan fingerprint density at radius 2 is 1.39 bits per heavy atom. The molecule has 472 valence electrons. The lowest BCUT2D eigenvalue weighted by Gasteiger charge is -2.36. The third-order valence-electron chi connectivity index (χ3n) is 21.8. The van der Waals surface area contributed by atoms with Crippen molar-refractivity contribution >= 4 is 23.0 Å². The first kappa shape index (κ1) is 62.3. The minimum atomic E-state index is -0.335. The summed E-state index contributed by atoms with van der Waals surface area (Å²) in [6.45, 7) is 22.0. The quantitative estimate of drug-likeness (QED) is 0.0528. The van der Waals surface area contributed by atoms with Crippen LogP contribution in [0.1, 0.15) is 132 Å². The van der Waals surface area contributed by atoms with Crippen molar-refractivity contribution in [3.05, 3.63) is 348 Å². The van der Waals surface area contributed by atoms with Gasteiger partial charge in [0.05, 0.1) is 18.7 Å². The van der Waals surface area contributed by atoms with Gasteiger partial charge in [0.2, 0.25) is 0 Å². The number of hydrogen-bond donors (Lipinski definition) is 0. The molecule has 1 fully saturated rings. The number of fused-ring (bicyclic) bond motifs is 6. The fraction of sp³-hybridized carbons (Fsp3) is 0.275. The van der Waals surface area contributed by atoms with Crippen LogP contribution in [-0.4, -0.2) is 23.6 Å². The Kier molecular flexibility index (Phi) is 17.9. The molecule has 0 amide bonds. The van der Waals surface area contributed by atoms with Gasteiger partial charge in [-0.1, -0.05) is 284 Å². The van der Waals surface area contributed by atoms with E-state index in [1.807, 2.05) is 18.2 Å². The van der Waals surface area contributed by atoms with Gasteiger partial charge in [-0.25, -0.2) is 0 Å². The normalized spacial score (nSPS) is 23.6. The third-order valence-corrected chi connectivity index (χ3v) is 21.8. The summed E-state index contributed by atoms with van der Waals surface area (Å²) in [5.74, 6) is 2.79. The Hall–Kier alpha value is -9.18. The molecule has 7 aliphatic carbocycles. The maximum atomic E-state index is 6.45. The van der Waals surface area contributed by atoms with Gasteiger partial charge in [0, 0.05) is 45.9 Å². The van der Waals surface area contributed by atoms with E-state index < -0.39 is 0 Å². The van der Waals surface area contributed by atoms with Crippen LogP contribution in [0.3, 0.4) is 0 Å². The van der Waals surface area contributed by atoms with E-state index in [0.29, 0.717) is 17.8 Å². The van der Waals surface area contributed by atoms with Crippen LogP contribution in [-0.2, 0) is 15.6 Å². The SMILES string of the molecule is C=CC1=CC=C(C2C=C3C(=CC2)N(C2C=CC(c4ccc(C=C)cc4)=CC2)C2C=CC(C4C=CC(N(c5ccc(-c6ccc(C(C)(C)C)cc6)cc5)c5ccc6c(c5)C(CCCCC(CC)COC5=CCC(C=C)C=C5)(c5ccccc5)c5ccccc5-6)=CC4)=CC32)CC1. The van der Waals surface area contributed by atoms with Gasteiger partial charge < -0.3 is 14.5 Å². The van der Waals surface area contributed by atoms with Crippen molar-refractivity contribution in [1.82, 2.24) is 4.90 Å². The molecule has 8 unspecified atom stereocenters. The molecule has 0 bridgehead atoms. The average molecular weight is 1230 g/mol. The number of rotatable bonds is 21. The van der Waals surface area contributed by atoms with Crippen LogP contribution in [0, 0.1) is 29.6 Å². The highest BCUT2D eigenvalue weighted by atomic mass is 16.5. The summed E-state index contributed by atoms with van der Waals surface area (Å²) in [4.78, 5) is 5.30. The molecule has 3 heteroatoms. The lowest BCUT2D eigenvalue weighted by molar-refractivity contribution is 0.162. The van der Waals surface area contributed by atoms with Crippen molar-refractivity contribution < 1.29 is 4.74 Å². The van der Waals surface area contributed by atoms with Gasteiger partial charge in [0.25, 0.3) is 0 Å². The molecule has 3 nitrogen and oxygen atoms in total. The van der Waals surface area contributed by atoms with Gasteiger partial charge >= 0.3 is 0 Å². The Morgan fingerprint density at radius 1 is 0.638 bits per heavy atom. The molecular formula is C91H92N2O.